The quantitative estimate of drug-likeness (QED) is 0.791. The number of nitrogens with zero attached hydrogens (tertiary/aromatic N) is 3. The summed E-state index contributed by atoms with van der Waals surface area (Å²) in [5, 5.41) is 13.7. The van der Waals surface area contributed by atoms with Crippen LogP contribution in [0.2, 0.25) is 0 Å². The van der Waals surface area contributed by atoms with Gasteiger partial charge in [0.1, 0.15) is 6.07 Å². The van der Waals surface area contributed by atoms with Gasteiger partial charge in [0, 0.05) is 18.0 Å². The van der Waals surface area contributed by atoms with E-state index in [9.17, 15) is 5.26 Å². The monoisotopic (exact) mass is 257 g/mol. The summed E-state index contributed by atoms with van der Waals surface area (Å²) in [5.41, 5.74) is 3.50. The highest BCUT2D eigenvalue weighted by Crippen LogP contribution is 2.39. The molecule has 0 aliphatic heterocycles. The minimum atomic E-state index is 0.418. The molecule has 1 aromatic carbocycles. The first-order chi connectivity index (χ1) is 8.81. The number of hydrogen-bond acceptors (Lipinski definition) is 2. The maximum atomic E-state index is 9.19. The van der Waals surface area contributed by atoms with Gasteiger partial charge in [0.25, 0.3) is 0 Å². The van der Waals surface area contributed by atoms with E-state index in [4.69, 9.17) is 11.6 Å². The number of rotatable bonds is 3. The van der Waals surface area contributed by atoms with Gasteiger partial charge in [-0.05, 0) is 36.6 Å². The molecule has 1 fully saturated rings. The molecule has 1 aliphatic carbocycles. The largest absolute Gasteiger partial charge is 0.239 e. The van der Waals surface area contributed by atoms with E-state index in [0.29, 0.717) is 17.4 Å². The number of hydrogen-bond donors (Lipinski definition) is 0. The minimum Gasteiger partial charge on any atom is -0.239 e. The summed E-state index contributed by atoms with van der Waals surface area (Å²) < 4.78 is 1.78. The van der Waals surface area contributed by atoms with Crippen molar-refractivity contribution in [2.75, 3.05) is 0 Å². The van der Waals surface area contributed by atoms with Crippen molar-refractivity contribution in [1.29, 1.82) is 5.26 Å². The average molecular weight is 258 g/mol. The van der Waals surface area contributed by atoms with Gasteiger partial charge in [0.2, 0.25) is 0 Å². The van der Waals surface area contributed by atoms with Gasteiger partial charge in [-0.15, -0.1) is 11.6 Å². The third-order valence-corrected chi connectivity index (χ3v) is 3.50. The van der Waals surface area contributed by atoms with Crippen molar-refractivity contribution < 1.29 is 0 Å². The van der Waals surface area contributed by atoms with Crippen LogP contribution in [-0.2, 0) is 5.88 Å². The number of benzene rings is 1. The molecule has 0 amide bonds. The molecule has 0 saturated heterocycles. The first kappa shape index (κ1) is 11.3. The maximum absolute atomic E-state index is 9.19. The second-order valence-electron chi connectivity index (χ2n) is 4.56. The first-order valence-electron chi connectivity index (χ1n) is 5.97. The van der Waals surface area contributed by atoms with Crippen LogP contribution >= 0.6 is 11.6 Å². The first-order valence-corrected chi connectivity index (χ1v) is 6.50. The highest BCUT2D eigenvalue weighted by atomic mass is 35.5. The van der Waals surface area contributed by atoms with Crippen LogP contribution in [0.5, 0.6) is 0 Å². The molecule has 0 atom stereocenters. The van der Waals surface area contributed by atoms with Crippen molar-refractivity contribution in [1.82, 2.24) is 9.78 Å². The van der Waals surface area contributed by atoms with Gasteiger partial charge in [-0.3, -0.25) is 0 Å². The summed E-state index contributed by atoms with van der Waals surface area (Å²) in [6.07, 6.45) is 4.38. The van der Waals surface area contributed by atoms with E-state index >= 15 is 0 Å². The van der Waals surface area contributed by atoms with Gasteiger partial charge in [-0.25, -0.2) is 4.68 Å². The van der Waals surface area contributed by atoms with E-state index in [1.807, 2.05) is 30.5 Å². The smallest absolute Gasteiger partial charge is 0.101 e. The van der Waals surface area contributed by atoms with Crippen LogP contribution in [0.3, 0.4) is 0 Å². The molecule has 90 valence electrons. The molecule has 4 heteroatoms. The summed E-state index contributed by atoms with van der Waals surface area (Å²) in [5.74, 6) is 1.04. The normalized spacial score (nSPS) is 14.4. The van der Waals surface area contributed by atoms with E-state index in [1.165, 1.54) is 12.8 Å². The highest BCUT2D eigenvalue weighted by Gasteiger charge is 2.26. The fourth-order valence-corrected chi connectivity index (χ4v) is 2.19. The van der Waals surface area contributed by atoms with Crippen molar-refractivity contribution in [3.63, 3.8) is 0 Å². The van der Waals surface area contributed by atoms with Crippen molar-refractivity contribution >= 4 is 11.6 Å². The van der Waals surface area contributed by atoms with Crippen LogP contribution < -0.4 is 0 Å². The Labute approximate surface area is 111 Å². The predicted octanol–water partition coefficient (Wildman–Crippen LogP) is 3.36. The Kier molecular flexibility index (Phi) is 2.81. The molecule has 1 heterocycles. The summed E-state index contributed by atoms with van der Waals surface area (Å²) in [4.78, 5) is 0. The van der Waals surface area contributed by atoms with Crippen molar-refractivity contribution in [3.8, 4) is 11.8 Å². The summed E-state index contributed by atoms with van der Waals surface area (Å²) in [7, 11) is 0. The molecule has 1 saturated carbocycles. The molecule has 0 radical (unpaired) electrons. The Hall–Kier alpha value is -1.79. The Bertz CT molecular complexity index is 620. The lowest BCUT2D eigenvalue weighted by Gasteiger charge is -2.05. The summed E-state index contributed by atoms with van der Waals surface area (Å²) >= 11 is 5.78. The van der Waals surface area contributed by atoms with Crippen LogP contribution in [0.4, 0.5) is 0 Å². The van der Waals surface area contributed by atoms with Gasteiger partial charge >= 0.3 is 0 Å². The topological polar surface area (TPSA) is 41.6 Å². The number of alkyl halides is 1. The van der Waals surface area contributed by atoms with Gasteiger partial charge in [0.05, 0.1) is 16.9 Å². The molecule has 0 bridgehead atoms. The average Bonchev–Trinajstić information content (AvgIpc) is 3.16. The van der Waals surface area contributed by atoms with Gasteiger partial charge < -0.3 is 0 Å². The van der Waals surface area contributed by atoms with E-state index < -0.39 is 0 Å². The molecule has 0 N–H and O–H groups in total. The highest BCUT2D eigenvalue weighted by molar-refractivity contribution is 6.17. The zero-order chi connectivity index (χ0) is 12.5. The molecule has 3 rings (SSSR count). The van der Waals surface area contributed by atoms with Crippen molar-refractivity contribution in [2.24, 2.45) is 0 Å². The summed E-state index contributed by atoms with van der Waals surface area (Å²) in [6.45, 7) is 0. The van der Waals surface area contributed by atoms with Crippen LogP contribution in [-0.4, -0.2) is 9.78 Å². The van der Waals surface area contributed by atoms with Crippen LogP contribution in [0, 0.1) is 11.3 Å². The summed E-state index contributed by atoms with van der Waals surface area (Å²) in [6, 6.07) is 9.89. The fraction of sp³-hybridized carbons (Fsp3) is 0.286. The molecule has 0 spiro atoms. The SMILES string of the molecule is N#Cc1cc(CCl)ccc1-n1ccc(C2CC2)n1. The van der Waals surface area contributed by atoms with E-state index in [1.54, 1.807) is 4.68 Å². The molecule has 3 nitrogen and oxygen atoms in total. The zero-order valence-corrected chi connectivity index (χ0v) is 10.6. The Morgan fingerprint density at radius 2 is 2.22 bits per heavy atom. The third-order valence-electron chi connectivity index (χ3n) is 3.19. The van der Waals surface area contributed by atoms with Crippen molar-refractivity contribution in [3.05, 3.63) is 47.3 Å². The van der Waals surface area contributed by atoms with E-state index in [2.05, 4.69) is 11.2 Å². The lowest BCUT2D eigenvalue weighted by molar-refractivity contribution is 0.835. The number of aromatic nitrogens is 2. The van der Waals surface area contributed by atoms with Crippen LogP contribution in [0.15, 0.2) is 30.5 Å². The molecular weight excluding hydrogens is 246 g/mol. The maximum Gasteiger partial charge on any atom is 0.101 e. The van der Waals surface area contributed by atoms with Gasteiger partial charge in [-0.1, -0.05) is 6.07 Å². The zero-order valence-electron chi connectivity index (χ0n) is 9.81. The minimum absolute atomic E-state index is 0.418. The van der Waals surface area contributed by atoms with E-state index in [0.717, 1.165) is 16.9 Å². The molecule has 1 aliphatic rings. The van der Waals surface area contributed by atoms with E-state index in [-0.39, 0.29) is 0 Å². The lowest BCUT2D eigenvalue weighted by atomic mass is 10.1. The second-order valence-corrected chi connectivity index (χ2v) is 4.82. The molecule has 2 aromatic rings. The third kappa shape index (κ3) is 2.00. The lowest BCUT2D eigenvalue weighted by Crippen LogP contribution is -1.99. The fourth-order valence-electron chi connectivity index (χ4n) is 2.02. The van der Waals surface area contributed by atoms with Crippen molar-refractivity contribution in [2.45, 2.75) is 24.6 Å². The number of halogens is 1. The van der Waals surface area contributed by atoms with Crippen LogP contribution in [0.1, 0.15) is 35.6 Å². The Morgan fingerprint density at radius 1 is 1.39 bits per heavy atom. The molecule has 0 unspecified atom stereocenters. The molecular formula is C14H12ClN3. The Balaban J connectivity index is 2.01. The standard InChI is InChI=1S/C14H12ClN3/c15-8-10-1-4-14(12(7-10)9-16)18-6-5-13(17-18)11-2-3-11/h1,4-7,11H,2-3,8H2. The second kappa shape index (κ2) is 4.47. The van der Waals surface area contributed by atoms with Gasteiger partial charge in [0.15, 0.2) is 0 Å². The molecule has 1 aromatic heterocycles. The predicted molar refractivity (Wildman–Crippen MR) is 69.8 cm³/mol. The Morgan fingerprint density at radius 3 is 2.89 bits per heavy atom. The van der Waals surface area contributed by atoms with Gasteiger partial charge in [-0.2, -0.15) is 10.4 Å². The van der Waals surface area contributed by atoms with Crippen LogP contribution in [0.25, 0.3) is 5.69 Å². The number of nitriles is 1. The molecule has 18 heavy (non-hydrogen) atoms.